The van der Waals surface area contributed by atoms with Gasteiger partial charge in [-0.25, -0.2) is 4.98 Å². The van der Waals surface area contributed by atoms with Gasteiger partial charge in [-0.2, -0.15) is 0 Å². The highest BCUT2D eigenvalue weighted by Gasteiger charge is 2.09. The van der Waals surface area contributed by atoms with Crippen molar-refractivity contribution in [2.24, 2.45) is 0 Å². The van der Waals surface area contributed by atoms with Crippen molar-refractivity contribution in [2.45, 2.75) is 6.42 Å². The van der Waals surface area contributed by atoms with E-state index in [2.05, 4.69) is 10.3 Å². The first-order valence-corrected chi connectivity index (χ1v) is 6.58. The molecule has 1 amide bonds. The minimum Gasteiger partial charge on any atom is -0.384 e. The maximum absolute atomic E-state index is 12.1. The van der Waals surface area contributed by atoms with Crippen LogP contribution < -0.4 is 5.32 Å². The van der Waals surface area contributed by atoms with Crippen molar-refractivity contribution in [3.05, 3.63) is 58.9 Å². The SMILES string of the molecule is COCCc1ccccc1NC(=O)c1ccc(Cl)nc1. The molecule has 0 saturated heterocycles. The summed E-state index contributed by atoms with van der Waals surface area (Å²) in [6, 6.07) is 10.9. The summed E-state index contributed by atoms with van der Waals surface area (Å²) >= 11 is 5.70. The van der Waals surface area contributed by atoms with E-state index >= 15 is 0 Å². The van der Waals surface area contributed by atoms with Crippen LogP contribution in [-0.2, 0) is 11.2 Å². The molecule has 0 aliphatic carbocycles. The van der Waals surface area contributed by atoms with E-state index < -0.39 is 0 Å². The second kappa shape index (κ2) is 7.03. The van der Waals surface area contributed by atoms with Crippen molar-refractivity contribution in [2.75, 3.05) is 19.0 Å². The van der Waals surface area contributed by atoms with Gasteiger partial charge < -0.3 is 10.1 Å². The molecule has 1 heterocycles. The zero-order valence-electron chi connectivity index (χ0n) is 11.1. The molecule has 2 aromatic rings. The molecule has 0 aliphatic rings. The van der Waals surface area contributed by atoms with Crippen molar-refractivity contribution >= 4 is 23.2 Å². The van der Waals surface area contributed by atoms with Crippen LogP contribution in [0.1, 0.15) is 15.9 Å². The highest BCUT2D eigenvalue weighted by atomic mass is 35.5. The fourth-order valence-corrected chi connectivity index (χ4v) is 1.89. The number of anilines is 1. The summed E-state index contributed by atoms with van der Waals surface area (Å²) in [5.74, 6) is -0.209. The molecule has 1 aromatic heterocycles. The van der Waals surface area contributed by atoms with Crippen LogP contribution in [-0.4, -0.2) is 24.6 Å². The molecule has 5 heteroatoms. The zero-order chi connectivity index (χ0) is 14.4. The van der Waals surface area contributed by atoms with E-state index in [0.717, 1.165) is 17.7 Å². The molecule has 1 aromatic carbocycles. The Morgan fingerprint density at radius 3 is 2.80 bits per heavy atom. The molecule has 0 spiro atoms. The topological polar surface area (TPSA) is 51.2 Å². The lowest BCUT2D eigenvalue weighted by Gasteiger charge is -2.10. The molecule has 4 nitrogen and oxygen atoms in total. The third-order valence-electron chi connectivity index (χ3n) is 2.83. The number of para-hydroxylation sites is 1. The number of ether oxygens (including phenoxy) is 1. The van der Waals surface area contributed by atoms with Crippen LogP contribution in [0.2, 0.25) is 5.15 Å². The van der Waals surface area contributed by atoms with Crippen molar-refractivity contribution in [3.8, 4) is 0 Å². The number of hydrogen-bond acceptors (Lipinski definition) is 3. The van der Waals surface area contributed by atoms with Gasteiger partial charge in [-0.15, -0.1) is 0 Å². The largest absolute Gasteiger partial charge is 0.384 e. The van der Waals surface area contributed by atoms with Crippen molar-refractivity contribution in [3.63, 3.8) is 0 Å². The average Bonchev–Trinajstić information content (AvgIpc) is 2.47. The predicted molar refractivity (Wildman–Crippen MR) is 79.2 cm³/mol. The number of pyridine rings is 1. The molecule has 0 aliphatic heterocycles. The van der Waals surface area contributed by atoms with Crippen molar-refractivity contribution in [1.82, 2.24) is 4.98 Å². The smallest absolute Gasteiger partial charge is 0.257 e. The Labute approximate surface area is 122 Å². The van der Waals surface area contributed by atoms with Gasteiger partial charge in [-0.3, -0.25) is 4.79 Å². The number of aromatic nitrogens is 1. The van der Waals surface area contributed by atoms with E-state index in [-0.39, 0.29) is 5.91 Å². The summed E-state index contributed by atoms with van der Waals surface area (Å²) in [5.41, 5.74) is 2.28. The van der Waals surface area contributed by atoms with Gasteiger partial charge in [0.25, 0.3) is 5.91 Å². The Morgan fingerprint density at radius 1 is 1.30 bits per heavy atom. The fraction of sp³-hybridized carbons (Fsp3) is 0.200. The van der Waals surface area contributed by atoms with Gasteiger partial charge in [-0.05, 0) is 30.2 Å². The number of nitrogens with one attached hydrogen (secondary N) is 1. The summed E-state index contributed by atoms with van der Waals surface area (Å²) in [6.07, 6.45) is 2.20. The van der Waals surface area contributed by atoms with Crippen LogP contribution in [0.5, 0.6) is 0 Å². The minimum absolute atomic E-state index is 0.209. The molecule has 0 saturated carbocycles. The van der Waals surface area contributed by atoms with Crippen LogP contribution in [0, 0.1) is 0 Å². The first-order valence-electron chi connectivity index (χ1n) is 6.20. The van der Waals surface area contributed by atoms with Crippen LogP contribution in [0.25, 0.3) is 0 Å². The summed E-state index contributed by atoms with van der Waals surface area (Å²) < 4.78 is 5.07. The average molecular weight is 291 g/mol. The van der Waals surface area contributed by atoms with Gasteiger partial charge in [0.2, 0.25) is 0 Å². The molecule has 0 bridgehead atoms. The van der Waals surface area contributed by atoms with Gasteiger partial charge in [0, 0.05) is 19.0 Å². The molecular formula is C15H15ClN2O2. The second-order valence-corrected chi connectivity index (χ2v) is 4.61. The highest BCUT2D eigenvalue weighted by Crippen LogP contribution is 2.17. The monoisotopic (exact) mass is 290 g/mol. The van der Waals surface area contributed by atoms with Crippen LogP contribution in [0.4, 0.5) is 5.69 Å². The van der Waals surface area contributed by atoms with E-state index in [1.165, 1.54) is 6.20 Å². The summed E-state index contributed by atoms with van der Waals surface area (Å²) in [5, 5.41) is 3.24. The summed E-state index contributed by atoms with van der Waals surface area (Å²) in [7, 11) is 1.65. The number of methoxy groups -OCH3 is 1. The molecule has 104 valence electrons. The fourth-order valence-electron chi connectivity index (χ4n) is 1.78. The van der Waals surface area contributed by atoms with E-state index in [0.29, 0.717) is 17.3 Å². The standard InChI is InChI=1S/C15H15ClN2O2/c1-20-9-8-11-4-2-3-5-13(11)18-15(19)12-6-7-14(16)17-10-12/h2-7,10H,8-9H2,1H3,(H,18,19). The highest BCUT2D eigenvalue weighted by molar-refractivity contribution is 6.29. The molecule has 1 N–H and O–H groups in total. The number of halogens is 1. The number of carbonyl (C=O) groups excluding carboxylic acids is 1. The number of rotatable bonds is 5. The minimum atomic E-state index is -0.209. The lowest BCUT2D eigenvalue weighted by Crippen LogP contribution is -2.14. The zero-order valence-corrected chi connectivity index (χ0v) is 11.9. The van der Waals surface area contributed by atoms with Gasteiger partial charge in [-0.1, -0.05) is 29.8 Å². The number of nitrogens with zero attached hydrogens (tertiary/aromatic N) is 1. The molecule has 0 fully saturated rings. The lowest BCUT2D eigenvalue weighted by molar-refractivity contribution is 0.102. The van der Waals surface area contributed by atoms with Gasteiger partial charge in [0.05, 0.1) is 12.2 Å². The number of hydrogen-bond donors (Lipinski definition) is 1. The third-order valence-corrected chi connectivity index (χ3v) is 3.05. The summed E-state index contributed by atoms with van der Waals surface area (Å²) in [6.45, 7) is 0.607. The van der Waals surface area contributed by atoms with Crippen LogP contribution in [0.3, 0.4) is 0 Å². The van der Waals surface area contributed by atoms with E-state index in [9.17, 15) is 4.79 Å². The first kappa shape index (κ1) is 14.5. The predicted octanol–water partition coefficient (Wildman–Crippen LogP) is 3.18. The number of carbonyl (C=O) groups is 1. The molecular weight excluding hydrogens is 276 g/mol. The maximum Gasteiger partial charge on any atom is 0.257 e. The quantitative estimate of drug-likeness (QED) is 0.861. The van der Waals surface area contributed by atoms with Crippen molar-refractivity contribution in [1.29, 1.82) is 0 Å². The Bertz CT molecular complexity index is 585. The second-order valence-electron chi connectivity index (χ2n) is 4.22. The Balaban J connectivity index is 2.13. The first-order chi connectivity index (χ1) is 9.70. The third kappa shape index (κ3) is 3.79. The van der Waals surface area contributed by atoms with Gasteiger partial charge >= 0.3 is 0 Å². The molecule has 0 unspecified atom stereocenters. The molecule has 0 radical (unpaired) electrons. The van der Waals surface area contributed by atoms with Crippen molar-refractivity contribution < 1.29 is 9.53 Å². The molecule has 20 heavy (non-hydrogen) atoms. The normalized spacial score (nSPS) is 10.3. The molecule has 0 atom stereocenters. The Hall–Kier alpha value is -1.91. The Kier molecular flexibility index (Phi) is 5.09. The van der Waals surface area contributed by atoms with E-state index in [1.807, 2.05) is 24.3 Å². The van der Waals surface area contributed by atoms with Gasteiger partial charge in [0.1, 0.15) is 5.15 Å². The van der Waals surface area contributed by atoms with Crippen LogP contribution in [0.15, 0.2) is 42.6 Å². The summed E-state index contributed by atoms with van der Waals surface area (Å²) in [4.78, 5) is 16.0. The number of amides is 1. The lowest BCUT2D eigenvalue weighted by atomic mass is 10.1. The van der Waals surface area contributed by atoms with E-state index in [1.54, 1.807) is 19.2 Å². The Morgan fingerprint density at radius 2 is 2.10 bits per heavy atom. The van der Waals surface area contributed by atoms with Gasteiger partial charge in [0.15, 0.2) is 0 Å². The van der Waals surface area contributed by atoms with E-state index in [4.69, 9.17) is 16.3 Å². The number of benzene rings is 1. The maximum atomic E-state index is 12.1. The molecule has 2 rings (SSSR count). The van der Waals surface area contributed by atoms with Crippen LogP contribution >= 0.6 is 11.6 Å².